The monoisotopic (exact) mass is 428 g/mol. The van der Waals surface area contributed by atoms with Crippen LogP contribution >= 0.6 is 0 Å². The van der Waals surface area contributed by atoms with Crippen molar-refractivity contribution in [2.24, 2.45) is 0 Å². The van der Waals surface area contributed by atoms with Crippen LogP contribution in [-0.2, 0) is 23.9 Å². The van der Waals surface area contributed by atoms with Gasteiger partial charge in [0.25, 0.3) is 0 Å². The molecule has 0 heterocycles. The summed E-state index contributed by atoms with van der Waals surface area (Å²) in [5.74, 6) is 0. The summed E-state index contributed by atoms with van der Waals surface area (Å²) >= 11 is 0. The lowest BCUT2D eigenvalue weighted by Crippen LogP contribution is -2.28. The van der Waals surface area contributed by atoms with Gasteiger partial charge in [0, 0.05) is 13.7 Å². The zero-order chi connectivity index (χ0) is 22.3. The Morgan fingerprint density at radius 2 is 1.58 bits per heavy atom. The SMILES string of the molecule is COC[C@H](Cc1ccc(C)cc1)Nc1ccccc1NCc1cccc(C(F)(F)F)c1. The van der Waals surface area contributed by atoms with Crippen LogP contribution in [0, 0.1) is 6.92 Å². The van der Waals surface area contributed by atoms with E-state index in [1.54, 1.807) is 13.2 Å². The van der Waals surface area contributed by atoms with Gasteiger partial charge in [0.05, 0.1) is 29.6 Å². The van der Waals surface area contributed by atoms with Crippen molar-refractivity contribution in [1.29, 1.82) is 0 Å². The summed E-state index contributed by atoms with van der Waals surface area (Å²) in [5.41, 5.74) is 4.04. The lowest BCUT2D eigenvalue weighted by Gasteiger charge is -2.22. The number of methoxy groups -OCH3 is 1. The van der Waals surface area contributed by atoms with Crippen LogP contribution in [0.15, 0.2) is 72.8 Å². The van der Waals surface area contributed by atoms with E-state index < -0.39 is 11.7 Å². The van der Waals surface area contributed by atoms with Gasteiger partial charge in [-0.1, -0.05) is 54.1 Å². The third kappa shape index (κ3) is 6.76. The molecule has 0 aromatic heterocycles. The minimum Gasteiger partial charge on any atom is -0.383 e. The molecular formula is C25H27F3N2O. The molecular weight excluding hydrogens is 401 g/mol. The average Bonchev–Trinajstić information content (AvgIpc) is 2.74. The second-order valence-electron chi connectivity index (χ2n) is 7.58. The Labute approximate surface area is 181 Å². The number of rotatable bonds is 9. The van der Waals surface area contributed by atoms with E-state index in [0.717, 1.165) is 23.9 Å². The quantitative estimate of drug-likeness (QED) is 0.420. The van der Waals surface area contributed by atoms with Crippen molar-refractivity contribution >= 4 is 11.4 Å². The van der Waals surface area contributed by atoms with Gasteiger partial charge in [-0.25, -0.2) is 0 Å². The van der Waals surface area contributed by atoms with Crippen LogP contribution < -0.4 is 10.6 Å². The minimum atomic E-state index is -4.35. The van der Waals surface area contributed by atoms with Gasteiger partial charge < -0.3 is 15.4 Å². The molecule has 31 heavy (non-hydrogen) atoms. The van der Waals surface area contributed by atoms with Gasteiger partial charge in [0.1, 0.15) is 0 Å². The Balaban J connectivity index is 1.70. The number of hydrogen-bond donors (Lipinski definition) is 2. The number of benzene rings is 3. The highest BCUT2D eigenvalue weighted by Gasteiger charge is 2.30. The van der Waals surface area contributed by atoms with Crippen molar-refractivity contribution in [3.63, 3.8) is 0 Å². The number of hydrogen-bond acceptors (Lipinski definition) is 3. The van der Waals surface area contributed by atoms with Gasteiger partial charge in [-0.3, -0.25) is 0 Å². The van der Waals surface area contributed by atoms with Crippen LogP contribution in [-0.4, -0.2) is 19.8 Å². The van der Waals surface area contributed by atoms with Crippen LogP contribution in [0.25, 0.3) is 0 Å². The molecule has 0 bridgehead atoms. The summed E-state index contributed by atoms with van der Waals surface area (Å²) in [5, 5.41) is 6.77. The van der Waals surface area contributed by atoms with E-state index in [1.165, 1.54) is 23.3 Å². The van der Waals surface area contributed by atoms with Crippen LogP contribution in [0.1, 0.15) is 22.3 Å². The van der Waals surface area contributed by atoms with Crippen LogP contribution in [0.2, 0.25) is 0 Å². The lowest BCUT2D eigenvalue weighted by atomic mass is 10.0. The Morgan fingerprint density at radius 3 is 2.26 bits per heavy atom. The largest absolute Gasteiger partial charge is 0.416 e. The first-order chi connectivity index (χ1) is 14.8. The van der Waals surface area contributed by atoms with Gasteiger partial charge in [0.15, 0.2) is 0 Å². The number of ether oxygens (including phenoxy) is 1. The van der Waals surface area contributed by atoms with Crippen LogP contribution in [0.3, 0.4) is 0 Å². The number of alkyl halides is 3. The first-order valence-corrected chi connectivity index (χ1v) is 10.1. The molecule has 0 aliphatic carbocycles. The summed E-state index contributed by atoms with van der Waals surface area (Å²) in [6, 6.07) is 21.5. The number of para-hydroxylation sites is 2. The highest BCUT2D eigenvalue weighted by molar-refractivity contribution is 5.69. The summed E-state index contributed by atoms with van der Waals surface area (Å²) in [6.45, 7) is 2.87. The number of nitrogens with one attached hydrogen (secondary N) is 2. The van der Waals surface area contributed by atoms with Gasteiger partial charge in [-0.2, -0.15) is 13.2 Å². The van der Waals surface area contributed by atoms with E-state index in [2.05, 4.69) is 41.8 Å². The molecule has 3 aromatic carbocycles. The maximum absolute atomic E-state index is 13.0. The smallest absolute Gasteiger partial charge is 0.383 e. The molecule has 0 spiro atoms. The highest BCUT2D eigenvalue weighted by Crippen LogP contribution is 2.30. The first-order valence-electron chi connectivity index (χ1n) is 10.1. The van der Waals surface area contributed by atoms with E-state index in [9.17, 15) is 13.2 Å². The summed E-state index contributed by atoms with van der Waals surface area (Å²) in [7, 11) is 1.67. The second kappa shape index (κ2) is 10.4. The van der Waals surface area contributed by atoms with E-state index in [0.29, 0.717) is 12.2 Å². The van der Waals surface area contributed by atoms with Gasteiger partial charge in [-0.15, -0.1) is 0 Å². The molecule has 3 aromatic rings. The van der Waals surface area contributed by atoms with Crippen molar-refractivity contribution in [3.8, 4) is 0 Å². The predicted octanol–water partition coefficient (Wildman–Crippen LogP) is 6.30. The fraction of sp³-hybridized carbons (Fsp3) is 0.280. The minimum absolute atomic E-state index is 0.0456. The number of aryl methyl sites for hydroxylation is 1. The standard InChI is InChI=1S/C25H27F3N2O/c1-18-10-12-19(13-11-18)15-22(17-31-2)30-24-9-4-3-8-23(24)29-16-20-6-5-7-21(14-20)25(26,27)28/h3-14,22,29-30H,15-17H2,1-2H3/t22-/m0/s1. The molecule has 0 aliphatic rings. The fourth-order valence-corrected chi connectivity index (χ4v) is 3.40. The Morgan fingerprint density at radius 1 is 0.871 bits per heavy atom. The molecule has 3 nitrogen and oxygen atoms in total. The molecule has 2 N–H and O–H groups in total. The van der Waals surface area contributed by atoms with E-state index in [-0.39, 0.29) is 12.6 Å². The normalized spacial score (nSPS) is 12.4. The van der Waals surface area contributed by atoms with Gasteiger partial charge in [0.2, 0.25) is 0 Å². The molecule has 0 aliphatic heterocycles. The summed E-state index contributed by atoms with van der Waals surface area (Å²) in [6.07, 6.45) is -3.56. The molecule has 6 heteroatoms. The molecule has 0 unspecified atom stereocenters. The van der Waals surface area contributed by atoms with Crippen LogP contribution in [0.4, 0.5) is 24.5 Å². The predicted molar refractivity (Wildman–Crippen MR) is 119 cm³/mol. The van der Waals surface area contributed by atoms with Crippen molar-refractivity contribution in [2.75, 3.05) is 24.4 Å². The molecule has 0 saturated heterocycles. The molecule has 0 radical (unpaired) electrons. The van der Waals surface area contributed by atoms with Gasteiger partial charge >= 0.3 is 6.18 Å². The topological polar surface area (TPSA) is 33.3 Å². The molecule has 0 amide bonds. The van der Waals surface area contributed by atoms with E-state index in [4.69, 9.17) is 4.74 Å². The van der Waals surface area contributed by atoms with Gasteiger partial charge in [-0.05, 0) is 48.7 Å². The number of anilines is 2. The zero-order valence-electron chi connectivity index (χ0n) is 17.7. The Hall–Kier alpha value is -2.99. The fourth-order valence-electron chi connectivity index (χ4n) is 3.40. The average molecular weight is 428 g/mol. The third-order valence-electron chi connectivity index (χ3n) is 4.99. The molecule has 1 atom stereocenters. The first kappa shape index (κ1) is 22.7. The van der Waals surface area contributed by atoms with Crippen molar-refractivity contribution in [3.05, 3.63) is 95.1 Å². The maximum Gasteiger partial charge on any atom is 0.416 e. The van der Waals surface area contributed by atoms with E-state index in [1.807, 2.05) is 24.3 Å². The molecule has 164 valence electrons. The summed E-state index contributed by atoms with van der Waals surface area (Å²) in [4.78, 5) is 0. The third-order valence-corrected chi connectivity index (χ3v) is 4.99. The second-order valence-corrected chi connectivity index (χ2v) is 7.58. The Bertz CT molecular complexity index is 971. The zero-order valence-corrected chi connectivity index (χ0v) is 17.7. The van der Waals surface area contributed by atoms with E-state index >= 15 is 0 Å². The Kier molecular flexibility index (Phi) is 7.58. The molecule has 0 fully saturated rings. The molecule has 3 rings (SSSR count). The molecule has 0 saturated carbocycles. The summed E-state index contributed by atoms with van der Waals surface area (Å²) < 4.78 is 44.3. The number of halogens is 3. The maximum atomic E-state index is 13.0. The van der Waals surface area contributed by atoms with Crippen molar-refractivity contribution < 1.29 is 17.9 Å². The highest BCUT2D eigenvalue weighted by atomic mass is 19.4. The van der Waals surface area contributed by atoms with Crippen molar-refractivity contribution in [1.82, 2.24) is 0 Å². The van der Waals surface area contributed by atoms with Crippen LogP contribution in [0.5, 0.6) is 0 Å². The lowest BCUT2D eigenvalue weighted by molar-refractivity contribution is -0.137. The van der Waals surface area contributed by atoms with Crippen molar-refractivity contribution in [2.45, 2.75) is 32.1 Å².